The topological polar surface area (TPSA) is 92.1 Å². The molecule has 0 bridgehead atoms. The van der Waals surface area contributed by atoms with Gasteiger partial charge in [-0.05, 0) is 25.1 Å². The molecule has 0 atom stereocenters. The molecule has 0 spiro atoms. The number of methoxy groups -OCH3 is 2. The monoisotopic (exact) mass is 401 g/mol. The zero-order valence-corrected chi connectivity index (χ0v) is 16.6. The van der Waals surface area contributed by atoms with Crippen LogP contribution in [-0.4, -0.2) is 49.3 Å². The smallest absolute Gasteiger partial charge is 0.355 e. The fraction of sp³-hybridized carbons (Fsp3) is 0.350. The number of hydrogen-bond donors (Lipinski definition) is 0. The molecule has 1 aromatic carbocycles. The maximum Gasteiger partial charge on any atom is 0.355 e. The van der Waals surface area contributed by atoms with Crippen LogP contribution in [0, 0.1) is 0 Å². The number of esters is 2. The molecule has 0 saturated carbocycles. The van der Waals surface area contributed by atoms with Crippen molar-refractivity contribution in [3.63, 3.8) is 0 Å². The Kier molecular flexibility index (Phi) is 6.50. The van der Waals surface area contributed by atoms with Crippen molar-refractivity contribution in [2.45, 2.75) is 20.1 Å². The van der Waals surface area contributed by atoms with E-state index in [1.807, 2.05) is 23.7 Å². The molecule has 0 amide bonds. The summed E-state index contributed by atoms with van der Waals surface area (Å²) in [6.07, 6.45) is 1.72. The molecule has 0 N–H and O–H groups in total. The molecule has 2 aromatic rings. The van der Waals surface area contributed by atoms with Gasteiger partial charge < -0.3 is 23.8 Å². The Bertz CT molecular complexity index is 920. The fourth-order valence-corrected chi connectivity index (χ4v) is 3.05. The summed E-state index contributed by atoms with van der Waals surface area (Å²) in [5.41, 5.74) is 1.64. The number of carbonyl (C=O) groups is 2. The Labute approximate surface area is 168 Å². The van der Waals surface area contributed by atoms with Crippen LogP contribution in [0.5, 0.6) is 5.75 Å². The summed E-state index contributed by atoms with van der Waals surface area (Å²) < 4.78 is 23.1. The van der Waals surface area contributed by atoms with Crippen LogP contribution in [0.25, 0.3) is 0 Å². The van der Waals surface area contributed by atoms with Gasteiger partial charge >= 0.3 is 11.9 Å². The summed E-state index contributed by atoms with van der Waals surface area (Å²) >= 11 is 0. The van der Waals surface area contributed by atoms with Gasteiger partial charge in [0.05, 0.1) is 37.8 Å². The highest BCUT2D eigenvalue weighted by Crippen LogP contribution is 2.34. The fourth-order valence-electron chi connectivity index (χ4n) is 3.05. The Hall–Kier alpha value is -3.33. The first-order valence-electron chi connectivity index (χ1n) is 9.08. The average molecular weight is 401 g/mol. The maximum absolute atomic E-state index is 12.5. The van der Waals surface area contributed by atoms with E-state index < -0.39 is 11.9 Å². The number of aromatic nitrogens is 2. The van der Waals surface area contributed by atoms with Crippen molar-refractivity contribution in [3.8, 4) is 5.75 Å². The number of benzene rings is 1. The van der Waals surface area contributed by atoms with Gasteiger partial charge in [-0.3, -0.25) is 4.68 Å². The third kappa shape index (κ3) is 4.24. The van der Waals surface area contributed by atoms with Crippen molar-refractivity contribution in [1.29, 1.82) is 0 Å². The summed E-state index contributed by atoms with van der Waals surface area (Å²) in [5.74, 6) is -0.791. The van der Waals surface area contributed by atoms with E-state index in [0.717, 1.165) is 12.2 Å². The van der Waals surface area contributed by atoms with Gasteiger partial charge in [-0.15, -0.1) is 0 Å². The molecule has 0 unspecified atom stereocenters. The van der Waals surface area contributed by atoms with Gasteiger partial charge in [0.1, 0.15) is 24.8 Å². The molecule has 0 aliphatic carbocycles. The van der Waals surface area contributed by atoms with Gasteiger partial charge in [-0.1, -0.05) is 12.1 Å². The van der Waals surface area contributed by atoms with Crippen LogP contribution in [-0.2, 0) is 37.0 Å². The van der Waals surface area contributed by atoms with E-state index >= 15 is 0 Å². The zero-order chi connectivity index (χ0) is 20.8. The second-order valence-electron chi connectivity index (χ2n) is 6.11. The minimum atomic E-state index is -0.660. The lowest BCUT2D eigenvalue weighted by atomic mass is 10.1. The van der Waals surface area contributed by atoms with Gasteiger partial charge in [-0.2, -0.15) is 5.10 Å². The van der Waals surface area contributed by atoms with E-state index in [1.54, 1.807) is 29.3 Å². The molecule has 154 valence electrons. The van der Waals surface area contributed by atoms with E-state index in [-0.39, 0.29) is 24.6 Å². The number of hydrogen-bond acceptors (Lipinski definition) is 8. The Morgan fingerprint density at radius 1 is 1.14 bits per heavy atom. The van der Waals surface area contributed by atoms with E-state index in [2.05, 4.69) is 5.10 Å². The van der Waals surface area contributed by atoms with Gasteiger partial charge in [-0.25, -0.2) is 9.59 Å². The van der Waals surface area contributed by atoms with Crippen LogP contribution in [0.2, 0.25) is 0 Å². The number of aryl methyl sites for hydroxylation is 1. The largest absolute Gasteiger partial charge is 0.485 e. The normalized spacial score (nSPS) is 14.0. The predicted molar refractivity (Wildman–Crippen MR) is 103 cm³/mol. The molecule has 0 fully saturated rings. The summed E-state index contributed by atoms with van der Waals surface area (Å²) in [4.78, 5) is 26.2. The quantitative estimate of drug-likeness (QED) is 0.650. The maximum atomic E-state index is 12.5. The minimum absolute atomic E-state index is 0.0493. The lowest BCUT2D eigenvalue weighted by Crippen LogP contribution is -2.39. The van der Waals surface area contributed by atoms with Crippen molar-refractivity contribution in [2.75, 3.05) is 32.5 Å². The summed E-state index contributed by atoms with van der Waals surface area (Å²) in [6, 6.07) is 9.07. The molecule has 1 aliphatic heterocycles. The van der Waals surface area contributed by atoms with Crippen LogP contribution in [0.15, 0.2) is 47.8 Å². The van der Waals surface area contributed by atoms with Crippen LogP contribution in [0.3, 0.4) is 0 Å². The van der Waals surface area contributed by atoms with Crippen molar-refractivity contribution in [1.82, 2.24) is 9.78 Å². The van der Waals surface area contributed by atoms with Crippen LogP contribution in [0.1, 0.15) is 12.6 Å². The van der Waals surface area contributed by atoms with E-state index in [1.165, 1.54) is 14.2 Å². The van der Waals surface area contributed by atoms with Crippen LogP contribution in [0.4, 0.5) is 5.69 Å². The second-order valence-corrected chi connectivity index (χ2v) is 6.11. The second kappa shape index (κ2) is 9.24. The highest BCUT2D eigenvalue weighted by molar-refractivity contribution is 6.03. The average Bonchev–Trinajstić information content (AvgIpc) is 3.23. The number of anilines is 1. The molecule has 1 aromatic heterocycles. The van der Waals surface area contributed by atoms with E-state index in [9.17, 15) is 9.59 Å². The first kappa shape index (κ1) is 20.4. The Morgan fingerprint density at radius 2 is 1.90 bits per heavy atom. The van der Waals surface area contributed by atoms with E-state index in [0.29, 0.717) is 18.0 Å². The number of ether oxygens (including phenoxy) is 4. The molecular formula is C20H23N3O6. The number of para-hydroxylation sites is 2. The summed E-state index contributed by atoms with van der Waals surface area (Å²) in [7, 11) is 2.50. The number of carbonyl (C=O) groups excluding carboxylic acids is 2. The first-order valence-corrected chi connectivity index (χ1v) is 9.08. The number of rotatable bonds is 7. The van der Waals surface area contributed by atoms with Gasteiger partial charge in [0, 0.05) is 12.7 Å². The lowest BCUT2D eigenvalue weighted by molar-refractivity contribution is -0.140. The molecule has 1 aliphatic rings. The van der Waals surface area contributed by atoms with Crippen molar-refractivity contribution in [2.24, 2.45) is 0 Å². The summed E-state index contributed by atoms with van der Waals surface area (Å²) in [5, 5.41) is 4.23. The van der Waals surface area contributed by atoms with Gasteiger partial charge in [0.15, 0.2) is 0 Å². The van der Waals surface area contributed by atoms with Crippen molar-refractivity contribution < 1.29 is 28.5 Å². The third-order valence-corrected chi connectivity index (χ3v) is 4.47. The molecular weight excluding hydrogens is 378 g/mol. The Balaban J connectivity index is 1.96. The Morgan fingerprint density at radius 3 is 2.62 bits per heavy atom. The van der Waals surface area contributed by atoms with Crippen molar-refractivity contribution in [3.05, 3.63) is 53.5 Å². The third-order valence-electron chi connectivity index (χ3n) is 4.47. The summed E-state index contributed by atoms with van der Waals surface area (Å²) in [6.45, 7) is 3.02. The molecule has 0 saturated heterocycles. The van der Waals surface area contributed by atoms with Crippen molar-refractivity contribution >= 4 is 17.6 Å². The molecule has 9 nitrogen and oxygen atoms in total. The molecule has 0 radical (unpaired) electrons. The standard InChI is InChI=1S/C20H23N3O6/c1-4-23-14(9-10-21-23)11-29-17-8-6-5-7-16(17)22-13-28-12-15(19(24)26-2)18(22)20(25)27-3/h5-10H,4,11-13H2,1-3H3. The SMILES string of the molecule is CCn1nccc1COc1ccccc1N1COCC(C(=O)OC)=C1C(=O)OC. The highest BCUT2D eigenvalue weighted by Gasteiger charge is 2.33. The molecule has 3 rings (SSSR count). The minimum Gasteiger partial charge on any atom is -0.485 e. The van der Waals surface area contributed by atoms with E-state index in [4.69, 9.17) is 18.9 Å². The van der Waals surface area contributed by atoms with Crippen LogP contribution < -0.4 is 9.64 Å². The predicted octanol–water partition coefficient (Wildman–Crippen LogP) is 1.88. The first-order chi connectivity index (χ1) is 14.1. The number of nitrogens with zero attached hydrogens (tertiary/aromatic N) is 3. The zero-order valence-electron chi connectivity index (χ0n) is 16.6. The molecule has 2 heterocycles. The lowest BCUT2D eigenvalue weighted by Gasteiger charge is -2.32. The van der Waals surface area contributed by atoms with Gasteiger partial charge in [0.25, 0.3) is 0 Å². The highest BCUT2D eigenvalue weighted by atomic mass is 16.5. The van der Waals surface area contributed by atoms with Gasteiger partial charge in [0.2, 0.25) is 0 Å². The molecule has 29 heavy (non-hydrogen) atoms. The van der Waals surface area contributed by atoms with Crippen LogP contribution >= 0.6 is 0 Å². The molecule has 9 heteroatoms.